The molecular weight excluding hydrogens is 224 g/mol. The van der Waals surface area contributed by atoms with E-state index in [0.29, 0.717) is 13.1 Å². The molecule has 0 aromatic heterocycles. The van der Waals surface area contributed by atoms with E-state index in [1.807, 2.05) is 45.9 Å². The van der Waals surface area contributed by atoms with Gasteiger partial charge in [0, 0.05) is 18.7 Å². The van der Waals surface area contributed by atoms with Crippen LogP contribution >= 0.6 is 0 Å². The molecule has 0 saturated heterocycles. The molecule has 3 heteroatoms. The van der Waals surface area contributed by atoms with Crippen molar-refractivity contribution in [2.75, 3.05) is 13.1 Å². The molecule has 0 aliphatic rings. The maximum Gasteiger partial charge on any atom is 0.254 e. The van der Waals surface area contributed by atoms with Crippen LogP contribution in [0.3, 0.4) is 0 Å². The minimum atomic E-state index is -0.140. The molecule has 18 heavy (non-hydrogen) atoms. The molecule has 0 saturated carbocycles. The fourth-order valence-corrected chi connectivity index (χ4v) is 1.88. The highest BCUT2D eigenvalue weighted by atomic mass is 16.2. The van der Waals surface area contributed by atoms with E-state index in [0.717, 1.165) is 16.7 Å². The maximum atomic E-state index is 12.4. The molecule has 0 heterocycles. The van der Waals surface area contributed by atoms with Gasteiger partial charge >= 0.3 is 0 Å². The summed E-state index contributed by atoms with van der Waals surface area (Å²) in [4.78, 5) is 14.1. The lowest BCUT2D eigenvalue weighted by molar-refractivity contribution is 0.0752. The first kappa shape index (κ1) is 14.2. The number of carbonyl (C=O) groups excluding carboxylic acids is 1. The summed E-state index contributed by atoms with van der Waals surface area (Å²) in [6, 6.07) is 7.92. The number of amides is 1. The summed E-state index contributed by atoms with van der Waals surface area (Å²) in [7, 11) is 0. The molecule has 1 aromatic rings. The standard InChI is InChI=1S/C15H20N2O/c1-5-17(10-11(2)9-16)15(18)14-8-6-7-12(3)13(14)4/h6-8,11H,5,10H2,1-4H3. The van der Waals surface area contributed by atoms with Crippen molar-refractivity contribution < 1.29 is 4.79 Å². The summed E-state index contributed by atoms with van der Waals surface area (Å²) in [5.41, 5.74) is 2.87. The van der Waals surface area contributed by atoms with Crippen LogP contribution in [0.4, 0.5) is 0 Å². The Morgan fingerprint density at radius 2 is 2.11 bits per heavy atom. The Balaban J connectivity index is 2.97. The lowest BCUT2D eigenvalue weighted by atomic mass is 10.0. The van der Waals surface area contributed by atoms with Gasteiger partial charge in [-0.15, -0.1) is 0 Å². The quantitative estimate of drug-likeness (QED) is 0.817. The number of nitrogens with zero attached hydrogens (tertiary/aromatic N) is 2. The smallest absolute Gasteiger partial charge is 0.254 e. The summed E-state index contributed by atoms with van der Waals surface area (Å²) < 4.78 is 0. The number of aryl methyl sites for hydroxylation is 1. The molecule has 96 valence electrons. The second kappa shape index (κ2) is 6.20. The van der Waals surface area contributed by atoms with Crippen LogP contribution in [0.25, 0.3) is 0 Å². The third-order valence-electron chi connectivity index (χ3n) is 3.22. The lowest BCUT2D eigenvalue weighted by Crippen LogP contribution is -2.34. The van der Waals surface area contributed by atoms with Crippen molar-refractivity contribution in [3.05, 3.63) is 34.9 Å². The Morgan fingerprint density at radius 3 is 2.67 bits per heavy atom. The zero-order valence-electron chi connectivity index (χ0n) is 11.5. The van der Waals surface area contributed by atoms with Crippen LogP contribution in [0.1, 0.15) is 35.3 Å². The van der Waals surface area contributed by atoms with Crippen molar-refractivity contribution in [2.24, 2.45) is 5.92 Å². The lowest BCUT2D eigenvalue weighted by Gasteiger charge is -2.23. The van der Waals surface area contributed by atoms with Crippen LogP contribution in [-0.4, -0.2) is 23.9 Å². The summed E-state index contributed by atoms with van der Waals surface area (Å²) in [5.74, 6) is -0.125. The summed E-state index contributed by atoms with van der Waals surface area (Å²) in [6.45, 7) is 8.84. The van der Waals surface area contributed by atoms with Crippen molar-refractivity contribution in [1.29, 1.82) is 5.26 Å². The van der Waals surface area contributed by atoms with E-state index < -0.39 is 0 Å². The van der Waals surface area contributed by atoms with E-state index in [1.165, 1.54) is 0 Å². The fourth-order valence-electron chi connectivity index (χ4n) is 1.88. The van der Waals surface area contributed by atoms with E-state index in [1.54, 1.807) is 4.90 Å². The van der Waals surface area contributed by atoms with Gasteiger partial charge in [0.25, 0.3) is 5.91 Å². The van der Waals surface area contributed by atoms with Crippen molar-refractivity contribution in [1.82, 2.24) is 4.90 Å². The first-order chi connectivity index (χ1) is 8.51. The largest absolute Gasteiger partial charge is 0.338 e. The van der Waals surface area contributed by atoms with Gasteiger partial charge < -0.3 is 4.90 Å². The summed E-state index contributed by atoms with van der Waals surface area (Å²) in [5, 5.41) is 8.84. The Hall–Kier alpha value is -1.82. The highest BCUT2D eigenvalue weighted by Crippen LogP contribution is 2.15. The number of rotatable bonds is 4. The van der Waals surface area contributed by atoms with Gasteiger partial charge in [-0.25, -0.2) is 0 Å². The van der Waals surface area contributed by atoms with Gasteiger partial charge in [-0.05, 0) is 44.9 Å². The number of hydrogen-bond acceptors (Lipinski definition) is 2. The van der Waals surface area contributed by atoms with E-state index in [-0.39, 0.29) is 11.8 Å². The zero-order valence-corrected chi connectivity index (χ0v) is 11.5. The Bertz CT molecular complexity index is 474. The minimum Gasteiger partial charge on any atom is -0.338 e. The number of carbonyl (C=O) groups is 1. The molecule has 0 aliphatic carbocycles. The van der Waals surface area contributed by atoms with Gasteiger partial charge in [0.1, 0.15) is 0 Å². The van der Waals surface area contributed by atoms with E-state index >= 15 is 0 Å². The molecule has 3 nitrogen and oxygen atoms in total. The molecule has 0 N–H and O–H groups in total. The normalized spacial score (nSPS) is 11.7. The van der Waals surface area contributed by atoms with Crippen LogP contribution in [-0.2, 0) is 0 Å². The molecule has 1 rings (SSSR count). The second-order valence-corrected chi connectivity index (χ2v) is 4.62. The average molecular weight is 244 g/mol. The molecule has 1 unspecified atom stereocenters. The molecule has 0 aliphatic heterocycles. The predicted molar refractivity (Wildman–Crippen MR) is 72.3 cm³/mol. The van der Waals surface area contributed by atoms with Gasteiger partial charge in [0.05, 0.1) is 12.0 Å². The Morgan fingerprint density at radius 1 is 1.44 bits per heavy atom. The molecule has 1 aromatic carbocycles. The Kier molecular flexibility index (Phi) is 4.91. The van der Waals surface area contributed by atoms with Crippen molar-refractivity contribution >= 4 is 5.91 Å². The number of benzene rings is 1. The van der Waals surface area contributed by atoms with Gasteiger partial charge in [-0.2, -0.15) is 5.26 Å². The highest BCUT2D eigenvalue weighted by Gasteiger charge is 2.18. The molecule has 0 spiro atoms. The van der Waals surface area contributed by atoms with E-state index in [2.05, 4.69) is 6.07 Å². The van der Waals surface area contributed by atoms with Crippen molar-refractivity contribution in [2.45, 2.75) is 27.7 Å². The molecule has 0 bridgehead atoms. The topological polar surface area (TPSA) is 44.1 Å². The van der Waals surface area contributed by atoms with Crippen LogP contribution in [0.15, 0.2) is 18.2 Å². The van der Waals surface area contributed by atoms with Gasteiger partial charge in [0.2, 0.25) is 0 Å². The first-order valence-electron chi connectivity index (χ1n) is 6.26. The molecule has 0 fully saturated rings. The van der Waals surface area contributed by atoms with Crippen molar-refractivity contribution in [3.63, 3.8) is 0 Å². The summed E-state index contributed by atoms with van der Waals surface area (Å²) in [6.07, 6.45) is 0. The monoisotopic (exact) mass is 244 g/mol. The maximum absolute atomic E-state index is 12.4. The van der Waals surface area contributed by atoms with Crippen LogP contribution < -0.4 is 0 Å². The average Bonchev–Trinajstić information content (AvgIpc) is 2.38. The molecule has 1 amide bonds. The van der Waals surface area contributed by atoms with E-state index in [9.17, 15) is 4.79 Å². The van der Waals surface area contributed by atoms with Gasteiger partial charge in [-0.3, -0.25) is 4.79 Å². The minimum absolute atomic E-state index is 0.0146. The SMILES string of the molecule is CCN(CC(C)C#N)C(=O)c1cccc(C)c1C. The van der Waals surface area contributed by atoms with Gasteiger partial charge in [0.15, 0.2) is 0 Å². The molecule has 0 radical (unpaired) electrons. The Labute approximate surface area is 109 Å². The fraction of sp³-hybridized carbons (Fsp3) is 0.467. The first-order valence-corrected chi connectivity index (χ1v) is 6.26. The number of hydrogen-bond donors (Lipinski definition) is 0. The zero-order chi connectivity index (χ0) is 13.7. The number of nitriles is 1. The van der Waals surface area contributed by atoms with Crippen molar-refractivity contribution in [3.8, 4) is 6.07 Å². The van der Waals surface area contributed by atoms with Crippen LogP contribution in [0, 0.1) is 31.1 Å². The van der Waals surface area contributed by atoms with Gasteiger partial charge in [-0.1, -0.05) is 12.1 Å². The van der Waals surface area contributed by atoms with Crippen LogP contribution in [0.5, 0.6) is 0 Å². The summed E-state index contributed by atoms with van der Waals surface area (Å²) >= 11 is 0. The van der Waals surface area contributed by atoms with Crippen LogP contribution in [0.2, 0.25) is 0 Å². The molecular formula is C15H20N2O. The second-order valence-electron chi connectivity index (χ2n) is 4.62. The third kappa shape index (κ3) is 3.10. The third-order valence-corrected chi connectivity index (χ3v) is 3.22. The molecule has 1 atom stereocenters. The highest BCUT2D eigenvalue weighted by molar-refractivity contribution is 5.96. The predicted octanol–water partition coefficient (Wildman–Crippen LogP) is 2.93. The van der Waals surface area contributed by atoms with E-state index in [4.69, 9.17) is 5.26 Å².